The number of nitrogens with zero attached hydrogens (tertiary/aromatic N) is 1. The summed E-state index contributed by atoms with van der Waals surface area (Å²) in [5, 5.41) is 12.2. The Kier molecular flexibility index (Phi) is 9.21. The van der Waals surface area contributed by atoms with E-state index in [2.05, 4.69) is 18.7 Å². The minimum absolute atomic E-state index is 0.150. The average molecular weight is 540 g/mol. The predicted octanol–water partition coefficient (Wildman–Crippen LogP) is 5.10. The molecule has 1 aliphatic heterocycles. The Hall–Kier alpha value is -1.58. The van der Waals surface area contributed by atoms with E-state index in [1.165, 1.54) is 12.5 Å². The fourth-order valence-corrected chi connectivity index (χ4v) is 6.44. The summed E-state index contributed by atoms with van der Waals surface area (Å²) in [5.74, 6) is -0.459. The number of halogens is 1. The number of aryl methyl sites for hydroxylation is 1. The summed E-state index contributed by atoms with van der Waals surface area (Å²) in [6.45, 7) is 7.26. The molecule has 0 aromatic heterocycles. The lowest BCUT2D eigenvalue weighted by molar-refractivity contribution is -0.235. The Balaban J connectivity index is 2.06. The number of rotatable bonds is 9. The maximum absolute atomic E-state index is 12.6. The molecule has 2 aliphatic rings. The number of hydrogen-bond donors (Lipinski definition) is 2. The van der Waals surface area contributed by atoms with Crippen LogP contribution >= 0.6 is 24.4 Å². The van der Waals surface area contributed by atoms with E-state index in [-0.39, 0.29) is 11.9 Å². The second-order valence-electron chi connectivity index (χ2n) is 10.3. The molecule has 1 aromatic carbocycles. The van der Waals surface area contributed by atoms with Crippen LogP contribution in [0.15, 0.2) is 42.0 Å². The van der Waals surface area contributed by atoms with E-state index in [1.54, 1.807) is 7.11 Å². The highest BCUT2D eigenvalue weighted by atomic mass is 35.5. The average Bonchev–Trinajstić information content (AvgIpc) is 3.53. The van der Waals surface area contributed by atoms with E-state index < -0.39 is 40.8 Å². The van der Waals surface area contributed by atoms with Crippen LogP contribution in [0.25, 0.3) is 0 Å². The zero-order valence-corrected chi connectivity index (χ0v) is 23.3. The summed E-state index contributed by atoms with van der Waals surface area (Å²) in [6.07, 6.45) is 2.04. The number of carbonyl (C=O) groups excluding carboxylic acids is 2. The molecule has 3 rings (SSSR count). The van der Waals surface area contributed by atoms with E-state index >= 15 is 0 Å². The molecule has 0 bridgehead atoms. The van der Waals surface area contributed by atoms with Gasteiger partial charge in [-0.1, -0.05) is 42.0 Å². The molecule has 1 heterocycles. The van der Waals surface area contributed by atoms with Crippen LogP contribution in [0, 0.1) is 5.41 Å². The Morgan fingerprint density at radius 2 is 1.94 bits per heavy atom. The van der Waals surface area contributed by atoms with Crippen molar-refractivity contribution < 1.29 is 28.9 Å². The van der Waals surface area contributed by atoms with Gasteiger partial charge in [-0.25, -0.2) is 4.79 Å². The van der Waals surface area contributed by atoms with Crippen LogP contribution in [0.3, 0.4) is 0 Å². The molecule has 2 fully saturated rings. The molecule has 1 saturated heterocycles. The van der Waals surface area contributed by atoms with Gasteiger partial charge in [-0.15, -0.1) is 0 Å². The molecular formula is C27H38ClNO6S. The molecule has 6 unspecified atom stereocenters. The largest absolute Gasteiger partial charge is 0.442 e. The highest BCUT2D eigenvalue weighted by Crippen LogP contribution is 2.65. The van der Waals surface area contributed by atoms with Crippen LogP contribution in [-0.2, 0) is 25.4 Å². The number of imide groups is 1. The zero-order valence-electron chi connectivity index (χ0n) is 21.7. The summed E-state index contributed by atoms with van der Waals surface area (Å²) >= 11 is 10.4. The number of amides is 2. The molecule has 200 valence electrons. The lowest BCUT2D eigenvalue weighted by Crippen LogP contribution is -2.70. The van der Waals surface area contributed by atoms with Gasteiger partial charge in [0, 0.05) is 31.6 Å². The van der Waals surface area contributed by atoms with Gasteiger partial charge in [0.1, 0.15) is 17.8 Å². The van der Waals surface area contributed by atoms with Gasteiger partial charge in [0.2, 0.25) is 5.91 Å². The smallest absolute Gasteiger partial charge is 0.432 e. The molecular weight excluding hydrogens is 502 g/mol. The lowest BCUT2D eigenvalue weighted by atomic mass is 9.52. The number of aliphatic hydroxyl groups is 1. The van der Waals surface area contributed by atoms with Crippen molar-refractivity contribution >= 4 is 36.4 Å². The molecule has 1 aliphatic carbocycles. The first-order valence-electron chi connectivity index (χ1n) is 12.3. The summed E-state index contributed by atoms with van der Waals surface area (Å²) in [4.78, 5) is 24.3. The standard InChI is InChI=1S/C27H38ClNO6S/c1-18(2)11-12-22-25(4,35-22)27(16-13-20-9-7-6-8-10-20)23(33-5)21(14-15-26(27,32)17-36)34-24(31)29(28)19(3)30/h6-11,21-23,32,36H,12-17H2,1-5H3. The number of epoxide rings is 1. The van der Waals surface area contributed by atoms with Crippen molar-refractivity contribution in [1.29, 1.82) is 0 Å². The van der Waals surface area contributed by atoms with Gasteiger partial charge >= 0.3 is 6.09 Å². The van der Waals surface area contributed by atoms with Gasteiger partial charge in [-0.05, 0) is 58.4 Å². The number of benzene rings is 1. The lowest BCUT2D eigenvalue weighted by Gasteiger charge is -2.58. The van der Waals surface area contributed by atoms with Gasteiger partial charge in [0.15, 0.2) is 0 Å². The number of ether oxygens (including phenoxy) is 3. The van der Waals surface area contributed by atoms with Crippen LogP contribution in [0.2, 0.25) is 0 Å². The first kappa shape index (κ1) is 29.0. The molecule has 36 heavy (non-hydrogen) atoms. The maximum Gasteiger partial charge on any atom is 0.432 e. The fourth-order valence-electron chi connectivity index (χ4n) is 5.96. The fraction of sp³-hybridized carbons (Fsp3) is 0.630. The molecule has 9 heteroatoms. The Morgan fingerprint density at radius 3 is 2.50 bits per heavy atom. The maximum atomic E-state index is 12.6. The Labute approximate surface area is 224 Å². The molecule has 1 N–H and O–H groups in total. The highest BCUT2D eigenvalue weighted by Gasteiger charge is 2.76. The van der Waals surface area contributed by atoms with E-state index in [4.69, 9.17) is 26.0 Å². The van der Waals surface area contributed by atoms with E-state index in [0.717, 1.165) is 5.56 Å². The van der Waals surface area contributed by atoms with Crippen molar-refractivity contribution in [3.05, 3.63) is 47.5 Å². The van der Waals surface area contributed by atoms with Crippen molar-refractivity contribution in [2.75, 3.05) is 12.9 Å². The highest BCUT2D eigenvalue weighted by molar-refractivity contribution is 7.80. The van der Waals surface area contributed by atoms with Crippen molar-refractivity contribution in [3.63, 3.8) is 0 Å². The molecule has 0 spiro atoms. The second-order valence-corrected chi connectivity index (χ2v) is 10.9. The third-order valence-corrected chi connectivity index (χ3v) is 8.82. The molecule has 7 nitrogen and oxygen atoms in total. The second kappa shape index (κ2) is 11.4. The third kappa shape index (κ3) is 5.34. The van der Waals surface area contributed by atoms with Crippen molar-refractivity contribution in [2.45, 2.75) is 89.3 Å². The van der Waals surface area contributed by atoms with Crippen molar-refractivity contribution in [2.24, 2.45) is 5.41 Å². The van der Waals surface area contributed by atoms with Gasteiger partial charge in [-0.2, -0.15) is 17.0 Å². The molecule has 1 aromatic rings. The molecule has 2 amide bonds. The Bertz CT molecular complexity index is 972. The zero-order chi connectivity index (χ0) is 26.7. The van der Waals surface area contributed by atoms with E-state index in [1.807, 2.05) is 51.1 Å². The van der Waals surface area contributed by atoms with Crippen molar-refractivity contribution in [3.8, 4) is 0 Å². The normalized spacial score (nSPS) is 33.5. The topological polar surface area (TPSA) is 88.6 Å². The number of thiol groups is 1. The van der Waals surface area contributed by atoms with Gasteiger partial charge in [0.05, 0.1) is 17.1 Å². The SMILES string of the molecule is COC1C(OC(=O)N(Cl)C(C)=O)CCC(O)(CS)C1(CCc1ccccc1)C1(C)OC1CC=C(C)C. The van der Waals surface area contributed by atoms with Gasteiger partial charge in [0.25, 0.3) is 0 Å². The van der Waals surface area contributed by atoms with Crippen LogP contribution in [0.5, 0.6) is 0 Å². The van der Waals surface area contributed by atoms with Crippen LogP contribution in [0.4, 0.5) is 4.79 Å². The number of hydrogen-bond acceptors (Lipinski definition) is 7. The monoisotopic (exact) mass is 539 g/mol. The third-order valence-electron chi connectivity index (χ3n) is 7.92. The molecule has 6 atom stereocenters. The summed E-state index contributed by atoms with van der Waals surface area (Å²) in [7, 11) is 1.55. The summed E-state index contributed by atoms with van der Waals surface area (Å²) in [5.41, 5.74) is -0.701. The van der Waals surface area contributed by atoms with Gasteiger partial charge < -0.3 is 19.3 Å². The van der Waals surface area contributed by atoms with Crippen molar-refractivity contribution in [1.82, 2.24) is 4.42 Å². The molecule has 0 radical (unpaired) electrons. The van der Waals surface area contributed by atoms with Crippen LogP contribution in [-0.4, -0.2) is 63.9 Å². The minimum atomic E-state index is -1.26. The van der Waals surface area contributed by atoms with Crippen LogP contribution < -0.4 is 0 Å². The van der Waals surface area contributed by atoms with Crippen LogP contribution in [0.1, 0.15) is 58.9 Å². The summed E-state index contributed by atoms with van der Waals surface area (Å²) < 4.78 is 18.6. The first-order valence-corrected chi connectivity index (χ1v) is 13.3. The predicted molar refractivity (Wildman–Crippen MR) is 142 cm³/mol. The van der Waals surface area contributed by atoms with E-state index in [9.17, 15) is 14.7 Å². The number of methoxy groups -OCH3 is 1. The minimum Gasteiger partial charge on any atom is -0.442 e. The number of carbonyl (C=O) groups is 2. The number of allylic oxidation sites excluding steroid dienone is 1. The Morgan fingerprint density at radius 1 is 1.28 bits per heavy atom. The quantitative estimate of drug-likeness (QED) is 0.196. The van der Waals surface area contributed by atoms with E-state index in [0.29, 0.717) is 36.5 Å². The first-order chi connectivity index (χ1) is 17.0. The summed E-state index contributed by atoms with van der Waals surface area (Å²) in [6, 6.07) is 10.0. The molecule has 1 saturated carbocycles. The van der Waals surface area contributed by atoms with Gasteiger partial charge in [-0.3, -0.25) is 4.79 Å².